The molecule has 0 fully saturated rings. The van der Waals surface area contributed by atoms with E-state index in [-0.39, 0.29) is 37.0 Å². The van der Waals surface area contributed by atoms with Crippen LogP contribution in [0.5, 0.6) is 5.75 Å². The summed E-state index contributed by atoms with van der Waals surface area (Å²) in [5, 5.41) is 13.1. The van der Waals surface area contributed by atoms with Crippen molar-refractivity contribution in [2.24, 2.45) is 0 Å². The minimum absolute atomic E-state index is 0. The third kappa shape index (κ3) is 9.99. The van der Waals surface area contributed by atoms with Gasteiger partial charge in [0.05, 0.1) is 0 Å². The Morgan fingerprint density at radius 1 is 0.500 bits per heavy atom. The predicted molar refractivity (Wildman–Crippen MR) is 185 cm³/mol. The van der Waals surface area contributed by atoms with Crippen molar-refractivity contribution < 1.29 is 47.2 Å². The SMILES string of the molecule is Fc1c[c-]c(-c2ccccn2)c(F)c1.Fc1c[c-]c(-c2ccccn2)c(F)c1.Oc1c(F)cccc1[PH+](c1ccccc1)c1ccccc1.[Ir]. The van der Waals surface area contributed by atoms with Crippen LogP contribution in [0.1, 0.15) is 0 Å². The summed E-state index contributed by atoms with van der Waals surface area (Å²) in [5.41, 5.74) is 1.27. The third-order valence-corrected chi connectivity index (χ3v) is 9.70. The van der Waals surface area contributed by atoms with Crippen LogP contribution in [-0.4, -0.2) is 15.1 Å². The number of pyridine rings is 2. The molecule has 0 aliphatic carbocycles. The molecule has 0 amide bonds. The molecule has 3 nitrogen and oxygen atoms in total. The smallest absolute Gasteiger partial charge is 0.195 e. The van der Waals surface area contributed by atoms with E-state index in [1.54, 1.807) is 54.9 Å². The number of phenolic OH excluding ortho intramolecular Hbond substituents is 1. The van der Waals surface area contributed by atoms with Gasteiger partial charge in [-0.05, 0) is 59.9 Å². The van der Waals surface area contributed by atoms with Gasteiger partial charge in [-0.1, -0.05) is 90.0 Å². The Bertz CT molecular complexity index is 1970. The van der Waals surface area contributed by atoms with E-state index >= 15 is 0 Å². The summed E-state index contributed by atoms with van der Waals surface area (Å²) in [6.07, 6.45) is 3.10. The van der Waals surface area contributed by atoms with Gasteiger partial charge in [0.25, 0.3) is 0 Å². The zero-order chi connectivity index (χ0) is 34.6. The van der Waals surface area contributed by atoms with E-state index in [0.29, 0.717) is 16.7 Å². The van der Waals surface area contributed by atoms with Crippen LogP contribution in [0.25, 0.3) is 22.5 Å². The van der Waals surface area contributed by atoms with Crippen LogP contribution in [0.4, 0.5) is 22.0 Å². The Kier molecular flexibility index (Phi) is 14.1. The molecular weight excluding hydrogens is 843 g/mol. The zero-order valence-corrected chi connectivity index (χ0v) is 29.4. The molecule has 2 aromatic heterocycles. The number of rotatable bonds is 5. The molecule has 7 aromatic rings. The molecular formula is C40H27F5IrN2OP-. The van der Waals surface area contributed by atoms with Gasteiger partial charge in [-0.2, -0.15) is 0 Å². The summed E-state index contributed by atoms with van der Waals surface area (Å²) in [4.78, 5) is 7.89. The monoisotopic (exact) mass is 870 g/mol. The summed E-state index contributed by atoms with van der Waals surface area (Å²) in [7, 11) is -1.42. The molecule has 0 aliphatic rings. The van der Waals surface area contributed by atoms with E-state index in [2.05, 4.69) is 22.1 Å². The fraction of sp³-hybridized carbons (Fsp3) is 0. The maximum absolute atomic E-state index is 13.7. The Balaban J connectivity index is 0.000000172. The Morgan fingerprint density at radius 3 is 1.34 bits per heavy atom. The molecule has 0 atom stereocenters. The molecule has 0 bridgehead atoms. The number of benzene rings is 5. The first-order chi connectivity index (χ1) is 23.8. The molecule has 1 radical (unpaired) electrons. The molecule has 0 saturated heterocycles. The molecule has 0 saturated carbocycles. The maximum atomic E-state index is 13.7. The normalized spacial score (nSPS) is 10.2. The van der Waals surface area contributed by atoms with Gasteiger partial charge in [0.15, 0.2) is 11.6 Å². The van der Waals surface area contributed by atoms with Gasteiger partial charge in [-0.3, -0.25) is 17.6 Å². The topological polar surface area (TPSA) is 46.0 Å². The second kappa shape index (κ2) is 18.6. The first-order valence-corrected chi connectivity index (χ1v) is 16.3. The summed E-state index contributed by atoms with van der Waals surface area (Å²) >= 11 is 0. The van der Waals surface area contributed by atoms with Crippen LogP contribution in [0.3, 0.4) is 0 Å². The zero-order valence-electron chi connectivity index (χ0n) is 26.0. The molecule has 5 aromatic carbocycles. The minimum atomic E-state index is -1.42. The van der Waals surface area contributed by atoms with Gasteiger partial charge in [-0.15, -0.1) is 24.3 Å². The van der Waals surface area contributed by atoms with Gasteiger partial charge in [0.2, 0.25) is 0 Å². The Labute approximate surface area is 301 Å². The number of para-hydroxylation sites is 1. The summed E-state index contributed by atoms with van der Waals surface area (Å²) in [6.45, 7) is 0. The van der Waals surface area contributed by atoms with Crippen molar-refractivity contribution in [3.05, 3.63) is 193 Å². The van der Waals surface area contributed by atoms with Crippen molar-refractivity contribution in [3.63, 3.8) is 0 Å². The largest absolute Gasteiger partial charge is 0.502 e. The molecule has 50 heavy (non-hydrogen) atoms. The summed E-state index contributed by atoms with van der Waals surface area (Å²) < 4.78 is 65.3. The van der Waals surface area contributed by atoms with E-state index in [4.69, 9.17) is 0 Å². The van der Waals surface area contributed by atoms with Gasteiger partial charge < -0.3 is 15.1 Å². The molecule has 0 unspecified atom stereocenters. The maximum Gasteiger partial charge on any atom is 0.195 e. The van der Waals surface area contributed by atoms with Crippen molar-refractivity contribution in [2.45, 2.75) is 0 Å². The number of halogens is 5. The molecule has 7 rings (SSSR count). The van der Waals surface area contributed by atoms with E-state index in [0.717, 1.165) is 34.9 Å². The number of aromatic hydroxyl groups is 1. The Morgan fingerprint density at radius 2 is 0.940 bits per heavy atom. The van der Waals surface area contributed by atoms with E-state index in [1.165, 1.54) is 6.07 Å². The third-order valence-electron chi connectivity index (χ3n) is 6.94. The van der Waals surface area contributed by atoms with Crippen molar-refractivity contribution in [2.75, 3.05) is 0 Å². The second-order valence-corrected chi connectivity index (χ2v) is 12.7. The van der Waals surface area contributed by atoms with E-state index in [1.807, 2.05) is 66.7 Å². The van der Waals surface area contributed by atoms with E-state index in [9.17, 15) is 27.1 Å². The molecule has 2 heterocycles. The predicted octanol–water partition coefficient (Wildman–Crippen LogP) is 8.67. The van der Waals surface area contributed by atoms with Crippen LogP contribution in [0.15, 0.2) is 152 Å². The minimum Gasteiger partial charge on any atom is -0.502 e. The van der Waals surface area contributed by atoms with Crippen molar-refractivity contribution in [1.29, 1.82) is 0 Å². The molecule has 253 valence electrons. The average molecular weight is 870 g/mol. The van der Waals surface area contributed by atoms with E-state index < -0.39 is 37.0 Å². The fourth-order valence-electron chi connectivity index (χ4n) is 4.71. The molecule has 0 aliphatic heterocycles. The number of phenols is 1. The second-order valence-electron chi connectivity index (χ2n) is 10.3. The standard InChI is InChI=1S/C18H14FOP.2C11H6F2N.Ir/c19-16-12-7-13-17(18(16)20)21(14-8-3-1-4-9-14)15-10-5-2-6-11-15;2*12-8-4-5-9(10(13)7-8)11-3-1-2-6-14-11;/h1-13,20H;2*1-4,6-7H;/q;2*-1;/p+1. The van der Waals surface area contributed by atoms with Crippen LogP contribution in [0.2, 0.25) is 0 Å². The quantitative estimate of drug-likeness (QED) is 0.107. The summed E-state index contributed by atoms with van der Waals surface area (Å²) in [5.74, 6) is -3.38. The van der Waals surface area contributed by atoms with Gasteiger partial charge in [0.1, 0.15) is 23.8 Å². The van der Waals surface area contributed by atoms with Crippen LogP contribution < -0.4 is 15.9 Å². The number of hydrogen-bond acceptors (Lipinski definition) is 3. The van der Waals surface area contributed by atoms with Gasteiger partial charge in [0, 0.05) is 55.8 Å². The summed E-state index contributed by atoms with van der Waals surface area (Å²) in [6, 6.07) is 43.7. The van der Waals surface area contributed by atoms with Gasteiger partial charge in [-0.25, -0.2) is 4.39 Å². The number of hydrogen-bond donors (Lipinski definition) is 1. The number of aromatic nitrogens is 2. The van der Waals surface area contributed by atoms with Crippen LogP contribution in [0, 0.1) is 41.2 Å². The number of nitrogens with zero attached hydrogens (tertiary/aromatic N) is 2. The first kappa shape index (κ1) is 37.7. The van der Waals surface area contributed by atoms with Crippen molar-refractivity contribution in [3.8, 4) is 28.3 Å². The van der Waals surface area contributed by atoms with Crippen molar-refractivity contribution >= 4 is 23.8 Å². The van der Waals surface area contributed by atoms with Crippen molar-refractivity contribution in [1.82, 2.24) is 9.97 Å². The Hall–Kier alpha value is -5.07. The average Bonchev–Trinajstić information content (AvgIpc) is 3.12. The van der Waals surface area contributed by atoms with Gasteiger partial charge >= 0.3 is 0 Å². The van der Waals surface area contributed by atoms with Crippen LogP contribution >= 0.6 is 7.92 Å². The molecule has 0 spiro atoms. The molecule has 10 heteroatoms. The molecule has 1 N–H and O–H groups in total. The van der Waals surface area contributed by atoms with Crippen LogP contribution in [-0.2, 0) is 20.1 Å². The fourth-order valence-corrected chi connectivity index (χ4v) is 7.33. The first-order valence-electron chi connectivity index (χ1n) is 14.8.